The molecule has 1 amide bonds. The molecule has 0 unspecified atom stereocenters. The van der Waals surface area contributed by atoms with Crippen LogP contribution in [0.3, 0.4) is 0 Å². The molecular weight excluding hydrogens is 362 g/mol. The average molecular weight is 383 g/mol. The van der Waals surface area contributed by atoms with Gasteiger partial charge in [0.05, 0.1) is 5.69 Å². The molecule has 0 aliphatic carbocycles. The van der Waals surface area contributed by atoms with Crippen molar-refractivity contribution in [2.24, 2.45) is 0 Å². The second-order valence-corrected chi connectivity index (χ2v) is 7.17. The molecule has 0 bridgehead atoms. The van der Waals surface area contributed by atoms with Crippen molar-refractivity contribution in [2.75, 3.05) is 31.1 Å². The Labute approximate surface area is 161 Å². The SMILES string of the molecule is CCCc1nnsc1C(=O)N1CCN(c2ccc(-n3cccc3)nn2)CC1. The number of aromatic nitrogens is 5. The first-order valence-corrected chi connectivity index (χ1v) is 9.86. The summed E-state index contributed by atoms with van der Waals surface area (Å²) in [5, 5.41) is 12.8. The molecule has 0 spiro atoms. The molecule has 4 heterocycles. The van der Waals surface area contributed by atoms with E-state index in [4.69, 9.17) is 0 Å². The molecule has 0 atom stereocenters. The highest BCUT2D eigenvalue weighted by atomic mass is 32.1. The van der Waals surface area contributed by atoms with Crippen LogP contribution in [-0.4, -0.2) is 61.3 Å². The Morgan fingerprint density at radius 3 is 2.41 bits per heavy atom. The van der Waals surface area contributed by atoms with Gasteiger partial charge in [0, 0.05) is 38.6 Å². The van der Waals surface area contributed by atoms with Crippen molar-refractivity contribution in [3.8, 4) is 5.82 Å². The molecule has 1 saturated heterocycles. The summed E-state index contributed by atoms with van der Waals surface area (Å²) in [5.74, 6) is 1.67. The third-order valence-electron chi connectivity index (χ3n) is 4.63. The molecule has 8 nitrogen and oxygen atoms in total. The minimum Gasteiger partial charge on any atom is -0.352 e. The summed E-state index contributed by atoms with van der Waals surface area (Å²) in [6, 6.07) is 7.85. The zero-order chi connectivity index (χ0) is 18.6. The maximum absolute atomic E-state index is 12.8. The minimum absolute atomic E-state index is 0.0436. The maximum atomic E-state index is 12.8. The number of piperazine rings is 1. The highest BCUT2D eigenvalue weighted by Crippen LogP contribution is 2.19. The van der Waals surface area contributed by atoms with E-state index in [1.165, 1.54) is 11.5 Å². The van der Waals surface area contributed by atoms with Gasteiger partial charge in [-0.15, -0.1) is 15.3 Å². The van der Waals surface area contributed by atoms with Crippen molar-refractivity contribution >= 4 is 23.3 Å². The van der Waals surface area contributed by atoms with E-state index < -0.39 is 0 Å². The predicted octanol–water partition coefficient (Wildman–Crippen LogP) is 2.03. The first-order valence-electron chi connectivity index (χ1n) is 9.09. The molecule has 0 saturated carbocycles. The van der Waals surface area contributed by atoms with Gasteiger partial charge < -0.3 is 14.4 Å². The largest absolute Gasteiger partial charge is 0.352 e. The lowest BCUT2D eigenvalue weighted by Gasteiger charge is -2.35. The van der Waals surface area contributed by atoms with Crippen molar-refractivity contribution < 1.29 is 4.79 Å². The van der Waals surface area contributed by atoms with Crippen LogP contribution in [0.2, 0.25) is 0 Å². The third kappa shape index (κ3) is 3.68. The Morgan fingerprint density at radius 2 is 1.74 bits per heavy atom. The van der Waals surface area contributed by atoms with Crippen molar-refractivity contribution in [2.45, 2.75) is 19.8 Å². The van der Waals surface area contributed by atoms with E-state index in [0.717, 1.165) is 43.3 Å². The maximum Gasteiger partial charge on any atom is 0.267 e. The third-order valence-corrected chi connectivity index (χ3v) is 5.39. The number of anilines is 1. The van der Waals surface area contributed by atoms with Crippen molar-refractivity contribution in [1.82, 2.24) is 29.3 Å². The van der Waals surface area contributed by atoms with Crippen LogP contribution in [0, 0.1) is 0 Å². The van der Waals surface area contributed by atoms with Crippen LogP contribution >= 0.6 is 11.5 Å². The van der Waals surface area contributed by atoms with Gasteiger partial charge in [-0.2, -0.15) is 0 Å². The van der Waals surface area contributed by atoms with E-state index in [2.05, 4.69) is 31.6 Å². The van der Waals surface area contributed by atoms with Crippen LogP contribution in [0.5, 0.6) is 0 Å². The molecule has 3 aromatic rings. The zero-order valence-corrected chi connectivity index (χ0v) is 16.0. The minimum atomic E-state index is 0.0436. The van der Waals surface area contributed by atoms with Gasteiger partial charge in [-0.05, 0) is 42.2 Å². The van der Waals surface area contributed by atoms with Crippen molar-refractivity contribution in [3.05, 3.63) is 47.2 Å². The normalized spacial score (nSPS) is 14.6. The second kappa shape index (κ2) is 7.83. The lowest BCUT2D eigenvalue weighted by molar-refractivity contribution is 0.0750. The fourth-order valence-electron chi connectivity index (χ4n) is 3.17. The first-order chi connectivity index (χ1) is 13.3. The van der Waals surface area contributed by atoms with Gasteiger partial charge in [0.25, 0.3) is 5.91 Å². The molecule has 0 N–H and O–H groups in total. The van der Waals surface area contributed by atoms with Crippen molar-refractivity contribution in [1.29, 1.82) is 0 Å². The van der Waals surface area contributed by atoms with E-state index in [-0.39, 0.29) is 5.91 Å². The van der Waals surface area contributed by atoms with Gasteiger partial charge >= 0.3 is 0 Å². The van der Waals surface area contributed by atoms with Crippen LogP contribution in [0.25, 0.3) is 5.82 Å². The predicted molar refractivity (Wildman–Crippen MR) is 103 cm³/mol. The lowest BCUT2D eigenvalue weighted by Crippen LogP contribution is -2.49. The van der Waals surface area contributed by atoms with E-state index in [1.54, 1.807) is 0 Å². The van der Waals surface area contributed by atoms with Crippen LogP contribution < -0.4 is 4.90 Å². The zero-order valence-electron chi connectivity index (χ0n) is 15.2. The van der Waals surface area contributed by atoms with Gasteiger partial charge in [-0.25, -0.2) is 0 Å². The Morgan fingerprint density at radius 1 is 1.04 bits per heavy atom. The topological polar surface area (TPSA) is 80.0 Å². The Balaban J connectivity index is 1.38. The number of amides is 1. The average Bonchev–Trinajstić information content (AvgIpc) is 3.40. The number of hydrogen-bond acceptors (Lipinski definition) is 7. The monoisotopic (exact) mass is 383 g/mol. The van der Waals surface area contributed by atoms with Crippen LogP contribution in [0.15, 0.2) is 36.7 Å². The lowest BCUT2D eigenvalue weighted by atomic mass is 10.2. The van der Waals surface area contributed by atoms with E-state index in [0.29, 0.717) is 18.0 Å². The number of rotatable bonds is 5. The summed E-state index contributed by atoms with van der Waals surface area (Å²) >= 11 is 1.20. The summed E-state index contributed by atoms with van der Waals surface area (Å²) < 4.78 is 5.88. The molecular formula is C18H21N7OS. The summed E-state index contributed by atoms with van der Waals surface area (Å²) in [6.07, 6.45) is 5.63. The van der Waals surface area contributed by atoms with Gasteiger partial charge in [-0.1, -0.05) is 17.8 Å². The quantitative estimate of drug-likeness (QED) is 0.671. The van der Waals surface area contributed by atoms with Gasteiger partial charge in [-0.3, -0.25) is 4.79 Å². The van der Waals surface area contributed by atoms with E-state index in [1.807, 2.05) is 46.1 Å². The smallest absolute Gasteiger partial charge is 0.267 e. The van der Waals surface area contributed by atoms with Gasteiger partial charge in [0.1, 0.15) is 4.88 Å². The molecule has 1 fully saturated rings. The fourth-order valence-corrected chi connectivity index (χ4v) is 3.84. The van der Waals surface area contributed by atoms with E-state index in [9.17, 15) is 4.79 Å². The summed E-state index contributed by atoms with van der Waals surface area (Å²) in [5.41, 5.74) is 0.821. The molecule has 0 radical (unpaired) electrons. The molecule has 4 rings (SSSR count). The van der Waals surface area contributed by atoms with Crippen LogP contribution in [0.1, 0.15) is 28.7 Å². The summed E-state index contributed by atoms with van der Waals surface area (Å²) in [7, 11) is 0. The van der Waals surface area contributed by atoms with Crippen molar-refractivity contribution in [3.63, 3.8) is 0 Å². The van der Waals surface area contributed by atoms with Gasteiger partial charge in [0.15, 0.2) is 11.6 Å². The molecule has 140 valence electrons. The Hall–Kier alpha value is -2.81. The Bertz CT molecular complexity index is 883. The van der Waals surface area contributed by atoms with E-state index >= 15 is 0 Å². The molecule has 1 aliphatic rings. The molecule has 27 heavy (non-hydrogen) atoms. The second-order valence-electron chi connectivity index (χ2n) is 6.42. The number of hydrogen-bond donors (Lipinski definition) is 0. The molecule has 1 aliphatic heterocycles. The fraction of sp³-hybridized carbons (Fsp3) is 0.389. The van der Waals surface area contributed by atoms with Crippen LogP contribution in [0.4, 0.5) is 5.82 Å². The highest BCUT2D eigenvalue weighted by Gasteiger charge is 2.26. The number of carbonyl (C=O) groups is 1. The highest BCUT2D eigenvalue weighted by molar-refractivity contribution is 7.08. The first kappa shape index (κ1) is 17.6. The number of aryl methyl sites for hydroxylation is 1. The summed E-state index contributed by atoms with van der Waals surface area (Å²) in [6.45, 7) is 4.86. The number of carbonyl (C=O) groups excluding carboxylic acids is 1. The molecule has 0 aromatic carbocycles. The Kier molecular flexibility index (Phi) is 5.10. The number of nitrogens with zero attached hydrogens (tertiary/aromatic N) is 7. The van der Waals surface area contributed by atoms with Crippen LogP contribution in [-0.2, 0) is 6.42 Å². The molecule has 9 heteroatoms. The molecule has 3 aromatic heterocycles. The van der Waals surface area contributed by atoms with Gasteiger partial charge in [0.2, 0.25) is 0 Å². The standard InChI is InChI=1S/C18H21N7OS/c1-2-5-14-17(27-22-19-14)18(26)25-12-10-24(11-13-25)16-7-6-15(20-21-16)23-8-3-4-9-23/h3-4,6-9H,2,5,10-13H2,1H3. The summed E-state index contributed by atoms with van der Waals surface area (Å²) in [4.78, 5) is 17.5.